The number of hydrogen-bond acceptors (Lipinski definition) is 8. The van der Waals surface area contributed by atoms with Gasteiger partial charge >= 0.3 is 0 Å². The molecule has 0 aliphatic rings. The van der Waals surface area contributed by atoms with E-state index in [1.54, 1.807) is 31.2 Å². The molecular formula is C27H32N4O5S. The van der Waals surface area contributed by atoms with Gasteiger partial charge in [0.15, 0.2) is 5.03 Å². The van der Waals surface area contributed by atoms with E-state index in [4.69, 9.17) is 10.5 Å². The van der Waals surface area contributed by atoms with Crippen LogP contribution in [0, 0.1) is 27.7 Å². The van der Waals surface area contributed by atoms with Crippen molar-refractivity contribution in [1.29, 1.82) is 0 Å². The van der Waals surface area contributed by atoms with Crippen LogP contribution in [0.5, 0.6) is 17.4 Å². The molecular weight excluding hydrogens is 492 g/mol. The number of carbonyl (C=O) groups excluding carboxylic acids is 1. The van der Waals surface area contributed by atoms with Gasteiger partial charge in [0.05, 0.1) is 5.69 Å². The van der Waals surface area contributed by atoms with Gasteiger partial charge in [0.1, 0.15) is 22.9 Å². The fraction of sp³-hybridized carbons (Fsp3) is 0.148. The maximum absolute atomic E-state index is 13.2. The lowest BCUT2D eigenvalue weighted by molar-refractivity contribution is 0.0978. The Morgan fingerprint density at radius 3 is 2.30 bits per heavy atom. The molecule has 9 nitrogen and oxygen atoms in total. The number of aromatic nitrogens is 2. The Bertz CT molecular complexity index is 1630. The zero-order valence-corrected chi connectivity index (χ0v) is 21.6. The highest BCUT2D eigenvalue weighted by molar-refractivity contribution is 7.90. The lowest BCUT2D eigenvalue weighted by Gasteiger charge is -2.16. The van der Waals surface area contributed by atoms with Crippen LogP contribution in [0.3, 0.4) is 0 Å². The van der Waals surface area contributed by atoms with Gasteiger partial charge in [0, 0.05) is 9.84 Å². The fourth-order valence-corrected chi connectivity index (χ4v) is 4.80. The number of nitrogens with one attached hydrogen (secondary N) is 1. The third-order valence-corrected chi connectivity index (χ3v) is 6.89. The normalized spacial score (nSPS) is 11.2. The smallest absolute Gasteiger partial charge is 0.281 e. The van der Waals surface area contributed by atoms with E-state index in [-0.39, 0.29) is 27.3 Å². The number of hydrogen-bond donors (Lipinski definition) is 3. The van der Waals surface area contributed by atoms with E-state index in [9.17, 15) is 18.3 Å². The van der Waals surface area contributed by atoms with Gasteiger partial charge in [-0.15, -0.1) is 0 Å². The van der Waals surface area contributed by atoms with Crippen LogP contribution < -0.4 is 15.2 Å². The first-order valence-corrected chi connectivity index (χ1v) is 12.8. The van der Waals surface area contributed by atoms with Crippen molar-refractivity contribution in [1.82, 2.24) is 14.7 Å². The molecule has 4 aromatic rings. The summed E-state index contributed by atoms with van der Waals surface area (Å²) in [6.45, 7) is 7.47. The number of aromatic hydroxyl groups is 1. The zero-order valence-electron chi connectivity index (χ0n) is 20.7. The van der Waals surface area contributed by atoms with Crippen molar-refractivity contribution in [3.05, 3.63) is 88.5 Å². The first-order chi connectivity index (χ1) is 17.4. The number of carbonyl (C=O) groups is 1. The van der Waals surface area contributed by atoms with E-state index < -0.39 is 21.0 Å². The minimum absolute atomic E-state index is 0. The second-order valence-corrected chi connectivity index (χ2v) is 10.3. The molecule has 2 aromatic heterocycles. The summed E-state index contributed by atoms with van der Waals surface area (Å²) < 4.78 is 33.8. The van der Waals surface area contributed by atoms with E-state index in [0.717, 1.165) is 16.7 Å². The summed E-state index contributed by atoms with van der Waals surface area (Å²) >= 11 is 0. The van der Waals surface area contributed by atoms with Crippen molar-refractivity contribution < 1.29 is 27.3 Å². The topological polar surface area (TPSA) is 144 Å². The van der Waals surface area contributed by atoms with Crippen molar-refractivity contribution >= 4 is 21.7 Å². The Morgan fingerprint density at radius 1 is 0.946 bits per heavy atom. The molecule has 0 spiro atoms. The van der Waals surface area contributed by atoms with Crippen LogP contribution >= 0.6 is 0 Å². The number of nitrogens with two attached hydrogens (primary N) is 1. The second kappa shape index (κ2) is 9.90. The predicted octanol–water partition coefficient (Wildman–Crippen LogP) is 5.31. The summed E-state index contributed by atoms with van der Waals surface area (Å²) in [4.78, 5) is 21.5. The first-order valence-electron chi connectivity index (χ1n) is 11.3. The van der Waals surface area contributed by atoms with Crippen molar-refractivity contribution in [2.45, 2.75) is 32.7 Å². The summed E-state index contributed by atoms with van der Waals surface area (Å²) in [5.41, 5.74) is 9.89. The fourth-order valence-electron chi connectivity index (χ4n) is 3.85. The van der Waals surface area contributed by atoms with Crippen LogP contribution in [0.1, 0.15) is 36.9 Å². The van der Waals surface area contributed by atoms with Gasteiger partial charge in [-0.05, 0) is 74.7 Å². The number of pyridine rings is 2. The molecule has 0 bridgehead atoms. The molecule has 0 fully saturated rings. The molecule has 0 saturated heterocycles. The lowest BCUT2D eigenvalue weighted by atomic mass is 10.1. The van der Waals surface area contributed by atoms with Crippen LogP contribution in [0.4, 0.5) is 5.82 Å². The molecule has 0 radical (unpaired) electrons. The van der Waals surface area contributed by atoms with Crippen LogP contribution in [0.2, 0.25) is 0 Å². The molecule has 196 valence electrons. The second-order valence-electron chi connectivity index (χ2n) is 8.72. The van der Waals surface area contributed by atoms with E-state index >= 15 is 0 Å². The third kappa shape index (κ3) is 5.54. The quantitative estimate of drug-likeness (QED) is 0.308. The minimum atomic E-state index is -4.32. The Hall–Kier alpha value is -4.44. The number of amides is 1. The van der Waals surface area contributed by atoms with Crippen molar-refractivity contribution in [3.63, 3.8) is 0 Å². The highest BCUT2D eigenvalue weighted by atomic mass is 32.2. The SMILES string of the molecule is Cc1cc(C)c(Oc2nc(-c3ccc(C)c(O)c3)ccc2C(=O)NS(=O)(=O)c2cccc(N)n2)c(C)c1.[HH].[HH].[HH]. The van der Waals surface area contributed by atoms with Gasteiger partial charge in [-0.25, -0.2) is 14.7 Å². The van der Waals surface area contributed by atoms with E-state index in [1.807, 2.05) is 37.6 Å². The maximum Gasteiger partial charge on any atom is 0.281 e. The van der Waals surface area contributed by atoms with Crippen LogP contribution in [0.25, 0.3) is 11.3 Å². The van der Waals surface area contributed by atoms with E-state index in [2.05, 4.69) is 9.97 Å². The number of benzene rings is 2. The summed E-state index contributed by atoms with van der Waals surface area (Å²) in [6.07, 6.45) is 0. The summed E-state index contributed by atoms with van der Waals surface area (Å²) in [5, 5.41) is 9.76. The molecule has 2 heterocycles. The molecule has 4 N–H and O–H groups in total. The number of nitrogens with zero attached hydrogens (tertiary/aromatic N) is 2. The van der Waals surface area contributed by atoms with E-state index in [1.165, 1.54) is 24.3 Å². The number of ether oxygens (including phenoxy) is 1. The van der Waals surface area contributed by atoms with Gasteiger partial charge in [-0.3, -0.25) is 4.79 Å². The Morgan fingerprint density at radius 2 is 1.65 bits per heavy atom. The number of nitrogen functional groups attached to an aromatic ring is 1. The summed E-state index contributed by atoms with van der Waals surface area (Å²) in [5.74, 6) is -0.462. The monoisotopic (exact) mass is 524 g/mol. The van der Waals surface area contributed by atoms with Crippen LogP contribution in [-0.4, -0.2) is 29.4 Å². The van der Waals surface area contributed by atoms with Crippen molar-refractivity contribution in [3.8, 4) is 28.6 Å². The molecule has 0 saturated carbocycles. The van der Waals surface area contributed by atoms with Crippen LogP contribution in [-0.2, 0) is 10.0 Å². The highest BCUT2D eigenvalue weighted by Crippen LogP contribution is 2.33. The number of phenolic OH excluding ortho intramolecular Hbond substituents is 1. The number of anilines is 1. The molecule has 0 aliphatic heterocycles. The number of rotatable bonds is 6. The number of sulfonamides is 1. The molecule has 4 rings (SSSR count). The molecule has 1 amide bonds. The van der Waals surface area contributed by atoms with Gasteiger partial charge in [0.25, 0.3) is 15.9 Å². The van der Waals surface area contributed by atoms with Gasteiger partial charge < -0.3 is 15.6 Å². The predicted molar refractivity (Wildman–Crippen MR) is 146 cm³/mol. The summed E-state index contributed by atoms with van der Waals surface area (Å²) in [7, 11) is -4.32. The molecule has 2 aromatic carbocycles. The lowest BCUT2D eigenvalue weighted by Crippen LogP contribution is -2.31. The highest BCUT2D eigenvalue weighted by Gasteiger charge is 2.25. The van der Waals surface area contributed by atoms with Gasteiger partial charge in [-0.1, -0.05) is 35.9 Å². The third-order valence-electron chi connectivity index (χ3n) is 5.66. The first kappa shape index (κ1) is 25.6. The molecule has 0 unspecified atom stereocenters. The van der Waals surface area contributed by atoms with Gasteiger partial charge in [0.2, 0.25) is 5.88 Å². The van der Waals surface area contributed by atoms with E-state index in [0.29, 0.717) is 22.6 Å². The minimum Gasteiger partial charge on any atom is -0.508 e. The number of aryl methyl sites for hydroxylation is 4. The Kier molecular flexibility index (Phi) is 6.86. The largest absolute Gasteiger partial charge is 0.508 e. The molecule has 10 heteroatoms. The van der Waals surface area contributed by atoms with Gasteiger partial charge in [-0.2, -0.15) is 8.42 Å². The zero-order chi connectivity index (χ0) is 26.9. The average Bonchev–Trinajstić information content (AvgIpc) is 2.82. The molecule has 0 aliphatic carbocycles. The van der Waals surface area contributed by atoms with Crippen molar-refractivity contribution in [2.75, 3.05) is 5.73 Å². The molecule has 37 heavy (non-hydrogen) atoms. The molecule has 0 atom stereocenters. The van der Waals surface area contributed by atoms with Crippen molar-refractivity contribution in [2.24, 2.45) is 0 Å². The number of phenols is 1. The maximum atomic E-state index is 13.2. The average molecular weight is 525 g/mol. The Labute approximate surface area is 219 Å². The van der Waals surface area contributed by atoms with Crippen LogP contribution in [0.15, 0.2) is 65.7 Å². The summed E-state index contributed by atoms with van der Waals surface area (Å²) in [6, 6.07) is 16.0. The Balaban J connectivity index is 0.00000267. The standard InChI is InChI=1S/C27H26N4O5S.3H2/c1-15-12-17(3)25(18(4)13-15)36-27-20(10-11-21(29-27)19-9-8-16(2)22(32)14-19)26(33)31-37(34,35)24-7-5-6-23(28)30-24;;;/h5-14,32H,1-4H3,(H2,28,30)(H,31,33);3*1H.